The third-order valence-corrected chi connectivity index (χ3v) is 3.58. The highest BCUT2D eigenvalue weighted by molar-refractivity contribution is 5.75. The molecule has 20 heavy (non-hydrogen) atoms. The van der Waals surface area contributed by atoms with Gasteiger partial charge >= 0.3 is 6.09 Å². The number of ether oxygens (including phenoxy) is 2. The summed E-state index contributed by atoms with van der Waals surface area (Å²) in [5.41, 5.74) is -0.547. The third kappa shape index (κ3) is 2.87. The summed E-state index contributed by atoms with van der Waals surface area (Å²) in [6, 6.07) is -0.134. The molecule has 0 unspecified atom stereocenters. The molecular formula is C15H23NO4. The highest BCUT2D eigenvalue weighted by Crippen LogP contribution is 2.39. The van der Waals surface area contributed by atoms with E-state index in [-0.39, 0.29) is 18.2 Å². The fraction of sp³-hybridized carbons (Fsp3) is 0.733. The average molecular weight is 281 g/mol. The normalized spacial score (nSPS) is 28.6. The predicted molar refractivity (Wildman–Crippen MR) is 74.2 cm³/mol. The van der Waals surface area contributed by atoms with Crippen molar-refractivity contribution in [3.05, 3.63) is 11.6 Å². The molecule has 0 N–H and O–H groups in total. The molecule has 1 aliphatic heterocycles. The van der Waals surface area contributed by atoms with Gasteiger partial charge < -0.3 is 9.47 Å². The van der Waals surface area contributed by atoms with E-state index in [2.05, 4.69) is 0 Å². The summed E-state index contributed by atoms with van der Waals surface area (Å²) in [6.45, 7) is 9.23. The summed E-state index contributed by atoms with van der Waals surface area (Å²) in [7, 11) is 0. The Morgan fingerprint density at radius 3 is 2.70 bits per heavy atom. The lowest BCUT2D eigenvalue weighted by atomic mass is 9.92. The Kier molecular flexibility index (Phi) is 3.67. The van der Waals surface area contributed by atoms with E-state index in [1.807, 2.05) is 40.7 Å². The monoisotopic (exact) mass is 281 g/mol. The van der Waals surface area contributed by atoms with Gasteiger partial charge in [0.15, 0.2) is 0 Å². The summed E-state index contributed by atoms with van der Waals surface area (Å²) >= 11 is 0. The maximum Gasteiger partial charge on any atom is 0.412 e. The van der Waals surface area contributed by atoms with Crippen LogP contribution in [0, 0.1) is 0 Å². The largest absolute Gasteiger partial charge is 0.444 e. The summed E-state index contributed by atoms with van der Waals surface area (Å²) in [5.74, 6) is 0. The molecule has 2 rings (SSSR count). The molecule has 1 fully saturated rings. The van der Waals surface area contributed by atoms with Crippen LogP contribution in [0.5, 0.6) is 0 Å². The Bertz CT molecular complexity index is 447. The molecular weight excluding hydrogens is 258 g/mol. The van der Waals surface area contributed by atoms with Crippen molar-refractivity contribution in [3.8, 4) is 0 Å². The molecule has 0 spiro atoms. The van der Waals surface area contributed by atoms with Crippen molar-refractivity contribution >= 4 is 12.4 Å². The van der Waals surface area contributed by atoms with Gasteiger partial charge in [0.1, 0.15) is 17.6 Å². The van der Waals surface area contributed by atoms with Crippen LogP contribution in [-0.2, 0) is 14.3 Å². The van der Waals surface area contributed by atoms with Gasteiger partial charge in [0.05, 0.1) is 12.1 Å². The molecule has 1 saturated heterocycles. The van der Waals surface area contributed by atoms with Crippen LogP contribution in [0.15, 0.2) is 11.6 Å². The van der Waals surface area contributed by atoms with Crippen LogP contribution in [0.4, 0.5) is 4.79 Å². The Balaban J connectivity index is 2.23. The van der Waals surface area contributed by atoms with Crippen molar-refractivity contribution in [2.75, 3.05) is 0 Å². The van der Waals surface area contributed by atoms with Gasteiger partial charge in [-0.3, -0.25) is 9.69 Å². The number of rotatable bonds is 1. The quantitative estimate of drug-likeness (QED) is 0.693. The summed E-state index contributed by atoms with van der Waals surface area (Å²) < 4.78 is 11.4. The Morgan fingerprint density at radius 2 is 2.15 bits per heavy atom. The van der Waals surface area contributed by atoms with Crippen molar-refractivity contribution in [1.82, 2.24) is 4.90 Å². The van der Waals surface area contributed by atoms with E-state index in [1.165, 1.54) is 0 Å². The number of fused-ring (bicyclic) bond motifs is 1. The fourth-order valence-corrected chi connectivity index (χ4v) is 2.85. The second-order valence-electron chi connectivity index (χ2n) is 6.86. The van der Waals surface area contributed by atoms with Crippen LogP contribution < -0.4 is 0 Å². The van der Waals surface area contributed by atoms with Crippen molar-refractivity contribution < 1.29 is 19.1 Å². The number of carbonyl (C=O) groups is 2. The van der Waals surface area contributed by atoms with Crippen LogP contribution in [0.25, 0.3) is 0 Å². The zero-order valence-corrected chi connectivity index (χ0v) is 12.8. The van der Waals surface area contributed by atoms with Crippen LogP contribution in [-0.4, -0.2) is 40.8 Å². The second-order valence-corrected chi connectivity index (χ2v) is 6.86. The highest BCUT2D eigenvalue weighted by Gasteiger charge is 2.51. The molecule has 1 aliphatic carbocycles. The number of carbonyl (C=O) groups excluding carboxylic acids is 2. The Morgan fingerprint density at radius 1 is 1.50 bits per heavy atom. The van der Waals surface area contributed by atoms with Gasteiger partial charge in [-0.15, -0.1) is 0 Å². The molecule has 0 aromatic heterocycles. The van der Waals surface area contributed by atoms with Gasteiger partial charge in [-0.25, -0.2) is 4.79 Å². The van der Waals surface area contributed by atoms with Gasteiger partial charge in [0.2, 0.25) is 0 Å². The van der Waals surface area contributed by atoms with Crippen molar-refractivity contribution in [3.63, 3.8) is 0 Å². The lowest BCUT2D eigenvalue weighted by Gasteiger charge is -2.35. The van der Waals surface area contributed by atoms with E-state index >= 15 is 0 Å². The van der Waals surface area contributed by atoms with Gasteiger partial charge in [-0.2, -0.15) is 0 Å². The predicted octanol–water partition coefficient (Wildman–Crippen LogP) is 2.65. The number of hydrogen-bond acceptors (Lipinski definition) is 4. The van der Waals surface area contributed by atoms with Crippen molar-refractivity contribution in [2.24, 2.45) is 0 Å². The summed E-state index contributed by atoms with van der Waals surface area (Å²) in [6.07, 6.45) is 3.47. The van der Waals surface area contributed by atoms with Crippen LogP contribution in [0.2, 0.25) is 0 Å². The maximum absolute atomic E-state index is 12.4. The van der Waals surface area contributed by atoms with Gasteiger partial charge in [0, 0.05) is 0 Å². The SMILES string of the molecule is CC(C)(C)OC(=O)N1[C@H]2CC(C=O)=CC[C@H]2OC1(C)C. The third-order valence-electron chi connectivity index (χ3n) is 3.58. The van der Waals surface area contributed by atoms with Crippen LogP contribution in [0.1, 0.15) is 47.5 Å². The smallest absolute Gasteiger partial charge is 0.412 e. The minimum atomic E-state index is -0.718. The average Bonchev–Trinajstić information content (AvgIpc) is 2.55. The minimum absolute atomic E-state index is 0.0683. The zero-order chi connectivity index (χ0) is 15.1. The molecule has 5 heteroatoms. The second kappa shape index (κ2) is 4.88. The van der Waals surface area contributed by atoms with Crippen molar-refractivity contribution in [2.45, 2.75) is 70.9 Å². The van der Waals surface area contributed by atoms with Gasteiger partial charge in [-0.05, 0) is 53.0 Å². The number of hydrogen-bond donors (Lipinski definition) is 0. The molecule has 0 bridgehead atoms. The molecule has 0 radical (unpaired) electrons. The summed E-state index contributed by atoms with van der Waals surface area (Å²) in [5, 5.41) is 0. The van der Waals surface area contributed by atoms with Gasteiger partial charge in [-0.1, -0.05) is 6.08 Å². The molecule has 2 atom stereocenters. The number of aldehydes is 1. The molecule has 5 nitrogen and oxygen atoms in total. The van der Waals surface area contributed by atoms with Crippen LogP contribution in [0.3, 0.4) is 0 Å². The molecule has 0 aromatic carbocycles. The fourth-order valence-electron chi connectivity index (χ4n) is 2.85. The molecule has 0 aromatic rings. The van der Waals surface area contributed by atoms with E-state index in [1.54, 1.807) is 4.90 Å². The van der Waals surface area contributed by atoms with E-state index in [9.17, 15) is 9.59 Å². The van der Waals surface area contributed by atoms with E-state index in [4.69, 9.17) is 9.47 Å². The number of nitrogens with zero attached hydrogens (tertiary/aromatic N) is 1. The first-order chi connectivity index (χ1) is 9.14. The number of amides is 1. The van der Waals surface area contributed by atoms with Crippen molar-refractivity contribution in [1.29, 1.82) is 0 Å². The lowest BCUT2D eigenvalue weighted by Crippen LogP contribution is -2.50. The Hall–Kier alpha value is -1.36. The minimum Gasteiger partial charge on any atom is -0.444 e. The van der Waals surface area contributed by atoms with E-state index in [0.29, 0.717) is 12.8 Å². The molecule has 112 valence electrons. The molecule has 0 saturated carbocycles. The molecule has 1 amide bonds. The molecule has 2 aliphatic rings. The topological polar surface area (TPSA) is 55.8 Å². The summed E-state index contributed by atoms with van der Waals surface area (Å²) in [4.78, 5) is 25.1. The maximum atomic E-state index is 12.4. The molecule has 1 heterocycles. The Labute approximate surface area is 119 Å². The lowest BCUT2D eigenvalue weighted by molar-refractivity contribution is -0.105. The van der Waals surface area contributed by atoms with E-state index in [0.717, 1.165) is 11.9 Å². The van der Waals surface area contributed by atoms with E-state index < -0.39 is 11.3 Å². The first-order valence-corrected chi connectivity index (χ1v) is 6.98. The highest BCUT2D eigenvalue weighted by atomic mass is 16.6. The standard InChI is InChI=1S/C15H23NO4/c1-14(2,3)20-13(18)16-11-8-10(9-17)6-7-12(11)19-15(16,4)5/h6,9,11-12H,7-8H2,1-5H3/t11-,12+/m0/s1. The zero-order valence-electron chi connectivity index (χ0n) is 12.8. The first-order valence-electron chi connectivity index (χ1n) is 6.98. The first kappa shape index (κ1) is 15.0. The van der Waals surface area contributed by atoms with Crippen LogP contribution >= 0.6 is 0 Å². The van der Waals surface area contributed by atoms with Gasteiger partial charge in [0.25, 0.3) is 0 Å².